The number of benzene rings is 2. The minimum absolute atomic E-state index is 0.00294. The predicted octanol–water partition coefficient (Wildman–Crippen LogP) is 2.99. The van der Waals surface area contributed by atoms with E-state index < -0.39 is 16.1 Å². The van der Waals surface area contributed by atoms with Gasteiger partial charge < -0.3 is 19.1 Å². The highest BCUT2D eigenvalue weighted by Gasteiger charge is 2.26. The van der Waals surface area contributed by atoms with Crippen molar-refractivity contribution in [1.82, 2.24) is 9.62 Å². The third-order valence-corrected chi connectivity index (χ3v) is 6.88. The second-order valence-electron chi connectivity index (χ2n) is 7.32. The third-order valence-electron chi connectivity index (χ3n) is 5.34. The van der Waals surface area contributed by atoms with E-state index in [0.29, 0.717) is 35.9 Å². The van der Waals surface area contributed by atoms with Crippen molar-refractivity contribution in [2.45, 2.75) is 30.7 Å². The second-order valence-corrected chi connectivity index (χ2v) is 9.03. The molecule has 1 heterocycles. The smallest absolute Gasteiger partial charge is 0.257 e. The molecule has 1 N–H and O–H groups in total. The molecule has 1 saturated heterocycles. The molecule has 0 radical (unpaired) electrons. The van der Waals surface area contributed by atoms with Crippen LogP contribution in [-0.4, -0.2) is 53.6 Å². The summed E-state index contributed by atoms with van der Waals surface area (Å²) < 4.78 is 44.6. The minimum Gasteiger partial charge on any atom is -0.496 e. The Hall–Kier alpha value is -2.78. The van der Waals surface area contributed by atoms with Crippen molar-refractivity contribution in [1.29, 1.82) is 0 Å². The summed E-state index contributed by atoms with van der Waals surface area (Å²) in [6, 6.07) is 9.00. The Morgan fingerprint density at radius 2 is 1.55 bits per heavy atom. The van der Waals surface area contributed by atoms with Gasteiger partial charge in [0.1, 0.15) is 5.75 Å². The molecule has 31 heavy (non-hydrogen) atoms. The molecular weight excluding hydrogens is 420 g/mol. The lowest BCUT2D eigenvalue weighted by molar-refractivity contribution is 0.0789. The summed E-state index contributed by atoms with van der Waals surface area (Å²) in [5.74, 6) is 1.19. The fraction of sp³-hybridized carbons (Fsp3) is 0.409. The molecule has 0 saturated carbocycles. The van der Waals surface area contributed by atoms with Gasteiger partial charge in [0.05, 0.1) is 31.8 Å². The fourth-order valence-electron chi connectivity index (χ4n) is 3.60. The number of amides is 1. The summed E-state index contributed by atoms with van der Waals surface area (Å²) in [6.45, 7) is 3.06. The van der Waals surface area contributed by atoms with E-state index in [9.17, 15) is 13.2 Å². The third kappa shape index (κ3) is 4.94. The topological polar surface area (TPSA) is 94.2 Å². The van der Waals surface area contributed by atoms with Crippen LogP contribution >= 0.6 is 0 Å². The van der Waals surface area contributed by atoms with E-state index in [0.717, 1.165) is 12.8 Å². The number of hydrogen-bond donors (Lipinski definition) is 1. The molecule has 0 unspecified atom stereocenters. The Balaban J connectivity index is 1.87. The van der Waals surface area contributed by atoms with Crippen molar-refractivity contribution in [2.24, 2.45) is 0 Å². The van der Waals surface area contributed by atoms with E-state index in [1.165, 1.54) is 39.5 Å². The van der Waals surface area contributed by atoms with Gasteiger partial charge in [0.15, 0.2) is 11.5 Å². The number of nitrogens with zero attached hydrogens (tertiary/aromatic N) is 1. The minimum atomic E-state index is -3.90. The van der Waals surface area contributed by atoms with Gasteiger partial charge in [0.2, 0.25) is 10.0 Å². The van der Waals surface area contributed by atoms with Gasteiger partial charge in [0.25, 0.3) is 5.91 Å². The van der Waals surface area contributed by atoms with Gasteiger partial charge in [-0.25, -0.2) is 13.1 Å². The normalized spacial score (nSPS) is 14.9. The number of likely N-dealkylation sites (tertiary alicyclic amines) is 1. The van der Waals surface area contributed by atoms with Gasteiger partial charge in [-0.2, -0.15) is 0 Å². The number of rotatable bonds is 8. The van der Waals surface area contributed by atoms with E-state index >= 15 is 0 Å². The molecule has 1 amide bonds. The van der Waals surface area contributed by atoms with E-state index in [2.05, 4.69) is 4.72 Å². The molecule has 1 atom stereocenters. The number of methoxy groups -OCH3 is 3. The molecular formula is C22H28N2O6S. The summed E-state index contributed by atoms with van der Waals surface area (Å²) in [5.41, 5.74) is 0.953. The van der Waals surface area contributed by atoms with Gasteiger partial charge in [-0.3, -0.25) is 4.79 Å². The number of carbonyl (C=O) groups is 1. The van der Waals surface area contributed by atoms with Crippen LogP contribution in [0, 0.1) is 0 Å². The number of ether oxygens (including phenoxy) is 3. The number of carbonyl (C=O) groups excluding carboxylic acids is 1. The molecule has 2 aromatic rings. The van der Waals surface area contributed by atoms with Crippen LogP contribution in [0.25, 0.3) is 0 Å². The summed E-state index contributed by atoms with van der Waals surface area (Å²) in [7, 11) is 0.621. The zero-order valence-corrected chi connectivity index (χ0v) is 19.0. The van der Waals surface area contributed by atoms with Crippen LogP contribution in [0.15, 0.2) is 41.3 Å². The molecule has 1 fully saturated rings. The van der Waals surface area contributed by atoms with Crippen LogP contribution in [0.3, 0.4) is 0 Å². The summed E-state index contributed by atoms with van der Waals surface area (Å²) >= 11 is 0. The van der Waals surface area contributed by atoms with E-state index in [1.807, 2.05) is 0 Å². The summed E-state index contributed by atoms with van der Waals surface area (Å²) in [5, 5.41) is 0. The van der Waals surface area contributed by atoms with Crippen LogP contribution < -0.4 is 18.9 Å². The van der Waals surface area contributed by atoms with Gasteiger partial charge in [-0.05, 0) is 55.7 Å². The Kier molecular flexibility index (Phi) is 7.07. The average molecular weight is 449 g/mol. The lowest BCUT2D eigenvalue weighted by Crippen LogP contribution is -2.29. The van der Waals surface area contributed by atoms with Crippen molar-refractivity contribution in [3.8, 4) is 17.2 Å². The lowest BCUT2D eigenvalue weighted by Gasteiger charge is -2.19. The standard InChI is InChI=1S/C22H28N2O6S/c1-15(16-7-9-20(29-3)21(13-16)30-4)23-31(26,27)17-8-10-19(28-2)18(14-17)22(25)24-11-5-6-12-24/h7-10,13-15,23H,5-6,11-12H2,1-4H3/t15-/m1/s1. The summed E-state index contributed by atoms with van der Waals surface area (Å²) in [4.78, 5) is 14.6. The molecule has 0 aliphatic carbocycles. The molecule has 168 valence electrons. The van der Waals surface area contributed by atoms with Gasteiger partial charge in [-0.1, -0.05) is 6.07 Å². The zero-order chi connectivity index (χ0) is 22.6. The first kappa shape index (κ1) is 22.9. The highest BCUT2D eigenvalue weighted by Crippen LogP contribution is 2.31. The van der Waals surface area contributed by atoms with Gasteiger partial charge in [-0.15, -0.1) is 0 Å². The van der Waals surface area contributed by atoms with Crippen LogP contribution in [0.4, 0.5) is 0 Å². The van der Waals surface area contributed by atoms with Crippen LogP contribution in [0.1, 0.15) is 41.7 Å². The first-order chi connectivity index (χ1) is 14.8. The van der Waals surface area contributed by atoms with Crippen molar-refractivity contribution in [3.63, 3.8) is 0 Å². The van der Waals surface area contributed by atoms with E-state index in [-0.39, 0.29) is 16.4 Å². The van der Waals surface area contributed by atoms with Crippen molar-refractivity contribution < 1.29 is 27.4 Å². The molecule has 9 heteroatoms. The van der Waals surface area contributed by atoms with E-state index in [1.54, 1.807) is 30.0 Å². The first-order valence-electron chi connectivity index (χ1n) is 10.0. The monoisotopic (exact) mass is 448 g/mol. The molecule has 0 aromatic heterocycles. The van der Waals surface area contributed by atoms with Crippen LogP contribution in [-0.2, 0) is 10.0 Å². The number of sulfonamides is 1. The number of hydrogen-bond acceptors (Lipinski definition) is 6. The van der Waals surface area contributed by atoms with Crippen LogP contribution in [0.2, 0.25) is 0 Å². The molecule has 0 bridgehead atoms. The molecule has 2 aromatic carbocycles. The molecule has 0 spiro atoms. The Bertz CT molecular complexity index is 1050. The van der Waals surface area contributed by atoms with Crippen molar-refractivity contribution >= 4 is 15.9 Å². The maximum atomic E-state index is 13.1. The Labute approximate surface area is 183 Å². The average Bonchev–Trinajstić information content (AvgIpc) is 3.32. The quantitative estimate of drug-likeness (QED) is 0.667. The second kappa shape index (κ2) is 9.57. The van der Waals surface area contributed by atoms with E-state index in [4.69, 9.17) is 14.2 Å². The Morgan fingerprint density at radius 3 is 2.16 bits per heavy atom. The fourth-order valence-corrected chi connectivity index (χ4v) is 4.86. The van der Waals surface area contributed by atoms with Gasteiger partial charge in [0, 0.05) is 19.1 Å². The zero-order valence-electron chi connectivity index (χ0n) is 18.2. The lowest BCUT2D eigenvalue weighted by atomic mass is 10.1. The summed E-state index contributed by atoms with van der Waals surface area (Å²) in [6.07, 6.45) is 1.88. The maximum absolute atomic E-state index is 13.1. The molecule has 1 aliphatic rings. The maximum Gasteiger partial charge on any atom is 0.257 e. The molecule has 8 nitrogen and oxygen atoms in total. The highest BCUT2D eigenvalue weighted by molar-refractivity contribution is 7.89. The predicted molar refractivity (Wildman–Crippen MR) is 116 cm³/mol. The van der Waals surface area contributed by atoms with Gasteiger partial charge >= 0.3 is 0 Å². The number of nitrogens with one attached hydrogen (secondary N) is 1. The largest absolute Gasteiger partial charge is 0.496 e. The van der Waals surface area contributed by atoms with Crippen LogP contribution in [0.5, 0.6) is 17.2 Å². The highest BCUT2D eigenvalue weighted by atomic mass is 32.2. The first-order valence-corrected chi connectivity index (χ1v) is 11.5. The SMILES string of the molecule is COc1ccc([C@@H](C)NS(=O)(=O)c2ccc(OC)c(C(=O)N3CCCC3)c2)cc1OC. The Morgan fingerprint density at radius 1 is 0.935 bits per heavy atom. The molecule has 3 rings (SSSR count). The molecule has 1 aliphatic heterocycles. The van der Waals surface area contributed by atoms with Crippen molar-refractivity contribution in [3.05, 3.63) is 47.5 Å². The van der Waals surface area contributed by atoms with Crippen molar-refractivity contribution in [2.75, 3.05) is 34.4 Å².